The molecule has 1 unspecified atom stereocenters. The topological polar surface area (TPSA) is 78.9 Å². The largest absolute Gasteiger partial charge is 0.462 e. The lowest BCUT2D eigenvalue weighted by molar-refractivity contribution is -0.167. The third-order valence-corrected chi connectivity index (χ3v) is 10.4. The molecule has 0 aliphatic carbocycles. The molecule has 0 bridgehead atoms. The van der Waals surface area contributed by atoms with Gasteiger partial charge in [-0.2, -0.15) is 0 Å². The van der Waals surface area contributed by atoms with Crippen LogP contribution in [0.15, 0.2) is 0 Å². The van der Waals surface area contributed by atoms with Gasteiger partial charge in [0.2, 0.25) is 0 Å². The van der Waals surface area contributed by atoms with Crippen molar-refractivity contribution in [1.29, 1.82) is 0 Å². The van der Waals surface area contributed by atoms with Gasteiger partial charge >= 0.3 is 17.9 Å². The summed E-state index contributed by atoms with van der Waals surface area (Å²) in [5, 5.41) is 0. The van der Waals surface area contributed by atoms with Crippen LogP contribution >= 0.6 is 0 Å². The number of carbonyl (C=O) groups excluding carboxylic acids is 3. The number of carbonyl (C=O) groups is 3. The van der Waals surface area contributed by atoms with Gasteiger partial charge in [-0.05, 0) is 25.2 Å². The van der Waals surface area contributed by atoms with Crippen LogP contribution in [0.4, 0.5) is 0 Å². The molecular formula is C45H86O6. The maximum absolute atomic E-state index is 12.5. The Morgan fingerprint density at radius 3 is 1.02 bits per heavy atom. The summed E-state index contributed by atoms with van der Waals surface area (Å²) in [5.74, 6) is -0.0231. The third-order valence-electron chi connectivity index (χ3n) is 10.4. The summed E-state index contributed by atoms with van der Waals surface area (Å²) in [4.78, 5) is 37.4. The zero-order valence-corrected chi connectivity index (χ0v) is 34.6. The standard InChI is InChI=1S/C45H86O6/c1-5-8-10-12-13-14-15-16-17-18-19-20-21-25-29-32-36-43(46)49-39-42(51-45(48)38-34-27-11-9-6-2)40-50-44(47)37-33-30-26-23-22-24-28-31-35-41(4)7-3/h41-42H,5-40H2,1-4H3/t41?,42-/m0/s1. The van der Waals surface area contributed by atoms with Crippen LogP contribution in [0, 0.1) is 5.92 Å². The van der Waals surface area contributed by atoms with Gasteiger partial charge in [0.1, 0.15) is 13.2 Å². The van der Waals surface area contributed by atoms with Crippen LogP contribution in [-0.4, -0.2) is 37.2 Å². The quantitative estimate of drug-likeness (QED) is 0.0356. The second-order valence-corrected chi connectivity index (χ2v) is 15.6. The molecule has 6 heteroatoms. The zero-order chi connectivity index (χ0) is 37.5. The van der Waals surface area contributed by atoms with Gasteiger partial charge in [0.15, 0.2) is 6.10 Å². The first kappa shape index (κ1) is 49.4. The van der Waals surface area contributed by atoms with Gasteiger partial charge in [0, 0.05) is 19.3 Å². The van der Waals surface area contributed by atoms with Crippen molar-refractivity contribution in [3.05, 3.63) is 0 Å². The van der Waals surface area contributed by atoms with Crippen molar-refractivity contribution in [2.24, 2.45) is 5.92 Å². The van der Waals surface area contributed by atoms with Crippen LogP contribution in [0.2, 0.25) is 0 Å². The Kier molecular flexibility index (Phi) is 38.4. The van der Waals surface area contributed by atoms with Gasteiger partial charge in [0.25, 0.3) is 0 Å². The fraction of sp³-hybridized carbons (Fsp3) is 0.933. The van der Waals surface area contributed by atoms with Crippen LogP contribution in [-0.2, 0) is 28.6 Å². The summed E-state index contributed by atoms with van der Waals surface area (Å²) in [6, 6.07) is 0. The van der Waals surface area contributed by atoms with Crippen molar-refractivity contribution in [2.45, 2.75) is 252 Å². The fourth-order valence-electron chi connectivity index (χ4n) is 6.59. The number of ether oxygens (including phenoxy) is 3. The molecule has 0 amide bonds. The van der Waals surface area contributed by atoms with Crippen LogP contribution in [0.3, 0.4) is 0 Å². The lowest BCUT2D eigenvalue weighted by atomic mass is 9.99. The minimum absolute atomic E-state index is 0.0656. The van der Waals surface area contributed by atoms with Crippen molar-refractivity contribution in [3.63, 3.8) is 0 Å². The Balaban J connectivity index is 4.14. The van der Waals surface area contributed by atoms with Gasteiger partial charge in [0.05, 0.1) is 0 Å². The lowest BCUT2D eigenvalue weighted by Gasteiger charge is -2.18. The van der Waals surface area contributed by atoms with E-state index >= 15 is 0 Å². The van der Waals surface area contributed by atoms with Crippen molar-refractivity contribution in [2.75, 3.05) is 13.2 Å². The number of rotatable bonds is 40. The Morgan fingerprint density at radius 1 is 0.392 bits per heavy atom. The monoisotopic (exact) mass is 723 g/mol. The van der Waals surface area contributed by atoms with Gasteiger partial charge in [-0.3, -0.25) is 14.4 Å². The molecule has 0 N–H and O–H groups in total. The predicted octanol–water partition coefficient (Wildman–Crippen LogP) is 13.9. The predicted molar refractivity (Wildman–Crippen MR) is 215 cm³/mol. The summed E-state index contributed by atoms with van der Waals surface area (Å²) < 4.78 is 16.6. The molecule has 0 spiro atoms. The third kappa shape index (κ3) is 38.0. The van der Waals surface area contributed by atoms with E-state index in [1.54, 1.807) is 0 Å². The summed E-state index contributed by atoms with van der Waals surface area (Å²) in [5.41, 5.74) is 0. The van der Waals surface area contributed by atoms with E-state index in [-0.39, 0.29) is 31.1 Å². The van der Waals surface area contributed by atoms with Gasteiger partial charge < -0.3 is 14.2 Å². The first-order valence-corrected chi connectivity index (χ1v) is 22.4. The van der Waals surface area contributed by atoms with E-state index in [0.29, 0.717) is 19.3 Å². The second-order valence-electron chi connectivity index (χ2n) is 15.6. The molecule has 0 heterocycles. The minimum Gasteiger partial charge on any atom is -0.462 e. The van der Waals surface area contributed by atoms with E-state index in [4.69, 9.17) is 14.2 Å². The Morgan fingerprint density at radius 2 is 0.686 bits per heavy atom. The SMILES string of the molecule is CCCCCCCCCCCCCCCCCCC(=O)OC[C@@H](COC(=O)CCCCCCCCCCC(C)CC)OC(=O)CCCCCCC. The molecule has 0 rings (SSSR count). The van der Waals surface area contributed by atoms with E-state index in [2.05, 4.69) is 27.7 Å². The number of hydrogen-bond acceptors (Lipinski definition) is 6. The molecule has 51 heavy (non-hydrogen) atoms. The highest BCUT2D eigenvalue weighted by Gasteiger charge is 2.19. The van der Waals surface area contributed by atoms with Gasteiger partial charge in [-0.25, -0.2) is 0 Å². The first-order chi connectivity index (χ1) is 24.9. The highest BCUT2D eigenvalue weighted by Crippen LogP contribution is 2.17. The average Bonchev–Trinajstić information content (AvgIpc) is 3.13. The Bertz CT molecular complexity index is 768. The summed E-state index contributed by atoms with van der Waals surface area (Å²) in [7, 11) is 0. The lowest BCUT2D eigenvalue weighted by Crippen LogP contribution is -2.30. The molecule has 0 radical (unpaired) electrons. The average molecular weight is 723 g/mol. The molecule has 0 saturated heterocycles. The fourth-order valence-corrected chi connectivity index (χ4v) is 6.59. The molecule has 0 fully saturated rings. The van der Waals surface area contributed by atoms with Crippen LogP contribution in [0.1, 0.15) is 246 Å². The first-order valence-electron chi connectivity index (χ1n) is 22.4. The normalized spacial score (nSPS) is 12.5. The number of unbranched alkanes of at least 4 members (excludes halogenated alkanes) is 26. The van der Waals surface area contributed by atoms with Gasteiger partial charge in [-0.15, -0.1) is 0 Å². The molecule has 6 nitrogen and oxygen atoms in total. The maximum Gasteiger partial charge on any atom is 0.306 e. The molecule has 2 atom stereocenters. The van der Waals surface area contributed by atoms with E-state index in [0.717, 1.165) is 70.1 Å². The summed E-state index contributed by atoms with van der Waals surface area (Å²) >= 11 is 0. The van der Waals surface area contributed by atoms with Crippen molar-refractivity contribution >= 4 is 17.9 Å². The molecule has 0 saturated carbocycles. The van der Waals surface area contributed by atoms with Crippen LogP contribution in [0.5, 0.6) is 0 Å². The van der Waals surface area contributed by atoms with Crippen molar-refractivity contribution < 1.29 is 28.6 Å². The van der Waals surface area contributed by atoms with E-state index < -0.39 is 6.10 Å². The second kappa shape index (κ2) is 39.6. The molecule has 0 aromatic carbocycles. The minimum atomic E-state index is -0.757. The number of hydrogen-bond donors (Lipinski definition) is 0. The van der Waals surface area contributed by atoms with Crippen LogP contribution < -0.4 is 0 Å². The summed E-state index contributed by atoms with van der Waals surface area (Å²) in [6.07, 6.45) is 38.3. The Labute approximate surface area is 317 Å². The molecule has 302 valence electrons. The van der Waals surface area contributed by atoms with Gasteiger partial charge in [-0.1, -0.05) is 207 Å². The maximum atomic E-state index is 12.5. The van der Waals surface area contributed by atoms with E-state index in [1.165, 1.54) is 135 Å². The van der Waals surface area contributed by atoms with Crippen molar-refractivity contribution in [3.8, 4) is 0 Å². The molecular weight excluding hydrogens is 636 g/mol. The number of esters is 3. The van der Waals surface area contributed by atoms with Crippen LogP contribution in [0.25, 0.3) is 0 Å². The highest BCUT2D eigenvalue weighted by molar-refractivity contribution is 5.71. The molecule has 0 aliphatic rings. The zero-order valence-electron chi connectivity index (χ0n) is 34.6. The molecule has 0 aromatic heterocycles. The molecule has 0 aromatic rings. The smallest absolute Gasteiger partial charge is 0.306 e. The highest BCUT2D eigenvalue weighted by atomic mass is 16.6. The van der Waals surface area contributed by atoms with Crippen molar-refractivity contribution in [1.82, 2.24) is 0 Å². The van der Waals surface area contributed by atoms with E-state index in [9.17, 15) is 14.4 Å². The molecule has 0 aliphatic heterocycles. The Hall–Kier alpha value is -1.59. The summed E-state index contributed by atoms with van der Waals surface area (Å²) in [6.45, 7) is 8.92. The van der Waals surface area contributed by atoms with E-state index in [1.807, 2.05) is 0 Å².